The van der Waals surface area contributed by atoms with Crippen molar-refractivity contribution in [1.29, 1.82) is 0 Å². The zero-order chi connectivity index (χ0) is 16.0. The monoisotopic (exact) mass is 314 g/mol. The number of para-hydroxylation sites is 1. The average molecular weight is 315 g/mol. The molecule has 0 aliphatic heterocycles. The van der Waals surface area contributed by atoms with E-state index in [1.165, 1.54) is 0 Å². The number of amides is 2. The second kappa shape index (κ2) is 8.10. The van der Waals surface area contributed by atoms with Gasteiger partial charge in [0.05, 0.1) is 23.4 Å². The maximum Gasteiger partial charge on any atom is 0.322 e. The molecule has 0 saturated heterocycles. The van der Waals surface area contributed by atoms with Crippen molar-refractivity contribution in [3.05, 3.63) is 23.2 Å². The SMILES string of the molecule is CC(C)Oc1c(Cl)cccc1NC(=O)N(CCO)C(C)C. The fraction of sp³-hybridized carbons (Fsp3) is 0.533. The van der Waals surface area contributed by atoms with E-state index in [9.17, 15) is 4.79 Å². The van der Waals surface area contributed by atoms with E-state index in [1.54, 1.807) is 23.1 Å². The Balaban J connectivity index is 2.96. The van der Waals surface area contributed by atoms with Crippen molar-refractivity contribution in [1.82, 2.24) is 4.90 Å². The van der Waals surface area contributed by atoms with E-state index < -0.39 is 0 Å². The molecule has 0 unspecified atom stereocenters. The number of rotatable bonds is 6. The fourth-order valence-corrected chi connectivity index (χ4v) is 2.07. The van der Waals surface area contributed by atoms with Crippen molar-refractivity contribution < 1.29 is 14.6 Å². The van der Waals surface area contributed by atoms with Gasteiger partial charge in [0.1, 0.15) is 0 Å². The second-order valence-electron chi connectivity index (χ2n) is 5.22. The molecular formula is C15H23ClN2O3. The highest BCUT2D eigenvalue weighted by Crippen LogP contribution is 2.33. The number of halogens is 1. The van der Waals surface area contributed by atoms with Gasteiger partial charge < -0.3 is 20.1 Å². The van der Waals surface area contributed by atoms with E-state index in [2.05, 4.69) is 5.32 Å². The Labute approximate surface area is 130 Å². The van der Waals surface area contributed by atoms with Gasteiger partial charge in [-0.1, -0.05) is 17.7 Å². The van der Waals surface area contributed by atoms with Gasteiger partial charge in [-0.25, -0.2) is 4.79 Å². The number of ether oxygens (including phenoxy) is 1. The number of aliphatic hydroxyl groups is 1. The van der Waals surface area contributed by atoms with Crippen LogP contribution >= 0.6 is 11.6 Å². The van der Waals surface area contributed by atoms with Crippen LogP contribution in [-0.2, 0) is 0 Å². The molecule has 0 aliphatic rings. The van der Waals surface area contributed by atoms with Crippen molar-refractivity contribution >= 4 is 23.3 Å². The lowest BCUT2D eigenvalue weighted by molar-refractivity contribution is 0.172. The topological polar surface area (TPSA) is 61.8 Å². The third-order valence-corrected chi connectivity index (χ3v) is 3.08. The maximum atomic E-state index is 12.3. The van der Waals surface area contributed by atoms with Gasteiger partial charge in [0.2, 0.25) is 0 Å². The number of urea groups is 1. The highest BCUT2D eigenvalue weighted by atomic mass is 35.5. The summed E-state index contributed by atoms with van der Waals surface area (Å²) in [4.78, 5) is 13.8. The minimum absolute atomic E-state index is 0.0224. The van der Waals surface area contributed by atoms with Crippen LogP contribution in [0.25, 0.3) is 0 Å². The molecule has 118 valence electrons. The Morgan fingerprint density at radius 1 is 1.38 bits per heavy atom. The minimum atomic E-state index is -0.296. The Kier molecular flexibility index (Phi) is 6.78. The zero-order valence-electron chi connectivity index (χ0n) is 12.9. The van der Waals surface area contributed by atoms with Crippen LogP contribution in [-0.4, -0.2) is 41.3 Å². The summed E-state index contributed by atoms with van der Waals surface area (Å²) in [5.41, 5.74) is 0.518. The lowest BCUT2D eigenvalue weighted by Crippen LogP contribution is -2.41. The lowest BCUT2D eigenvalue weighted by atomic mass is 10.2. The summed E-state index contributed by atoms with van der Waals surface area (Å²) in [6.07, 6.45) is -0.0563. The molecule has 6 heteroatoms. The maximum absolute atomic E-state index is 12.3. The number of benzene rings is 1. The van der Waals surface area contributed by atoms with Crippen molar-refractivity contribution in [2.45, 2.75) is 39.8 Å². The first-order chi connectivity index (χ1) is 9.86. The predicted octanol–water partition coefficient (Wildman–Crippen LogP) is 3.36. The zero-order valence-corrected chi connectivity index (χ0v) is 13.6. The smallest absolute Gasteiger partial charge is 0.322 e. The van der Waals surface area contributed by atoms with E-state index in [-0.39, 0.29) is 31.3 Å². The summed E-state index contributed by atoms with van der Waals surface area (Å²) in [6, 6.07) is 4.87. The van der Waals surface area contributed by atoms with Crippen LogP contribution in [0.2, 0.25) is 5.02 Å². The molecule has 0 fully saturated rings. The van der Waals surface area contributed by atoms with E-state index in [0.29, 0.717) is 16.5 Å². The van der Waals surface area contributed by atoms with Crippen LogP contribution in [0.3, 0.4) is 0 Å². The molecule has 5 nitrogen and oxygen atoms in total. The molecule has 21 heavy (non-hydrogen) atoms. The first-order valence-corrected chi connectivity index (χ1v) is 7.38. The summed E-state index contributed by atoms with van der Waals surface area (Å²) in [5, 5.41) is 12.3. The second-order valence-corrected chi connectivity index (χ2v) is 5.63. The normalized spacial score (nSPS) is 10.9. The Morgan fingerprint density at radius 3 is 2.57 bits per heavy atom. The number of carbonyl (C=O) groups is 1. The first kappa shape index (κ1) is 17.6. The molecule has 0 bridgehead atoms. The highest BCUT2D eigenvalue weighted by molar-refractivity contribution is 6.32. The van der Waals surface area contributed by atoms with E-state index in [0.717, 1.165) is 0 Å². The molecule has 1 rings (SSSR count). The molecule has 1 aromatic carbocycles. The standard InChI is InChI=1S/C15H23ClN2O3/c1-10(2)18(8-9-19)15(20)17-13-7-5-6-12(16)14(13)21-11(3)4/h5-7,10-11,19H,8-9H2,1-4H3,(H,17,20). The van der Waals surface area contributed by atoms with Gasteiger partial charge in [-0.3, -0.25) is 0 Å². The van der Waals surface area contributed by atoms with Crippen LogP contribution in [0, 0.1) is 0 Å². The van der Waals surface area contributed by atoms with Crippen LogP contribution in [0.1, 0.15) is 27.7 Å². The number of anilines is 1. The Bertz CT molecular complexity index is 478. The predicted molar refractivity (Wildman–Crippen MR) is 85.2 cm³/mol. The molecule has 0 atom stereocenters. The Hall–Kier alpha value is -1.46. The average Bonchev–Trinajstić information content (AvgIpc) is 2.39. The molecule has 0 aromatic heterocycles. The van der Waals surface area contributed by atoms with Crippen molar-refractivity contribution in [3.63, 3.8) is 0 Å². The molecule has 0 spiro atoms. The first-order valence-electron chi connectivity index (χ1n) is 7.00. The van der Waals surface area contributed by atoms with Crippen LogP contribution in [0.5, 0.6) is 5.75 Å². The molecule has 0 heterocycles. The summed E-state index contributed by atoms with van der Waals surface area (Å²) >= 11 is 6.13. The number of nitrogens with one attached hydrogen (secondary N) is 1. The summed E-state index contributed by atoms with van der Waals surface area (Å²) in [6.45, 7) is 7.74. The molecule has 1 aromatic rings. The fourth-order valence-electron chi connectivity index (χ4n) is 1.85. The molecular weight excluding hydrogens is 292 g/mol. The summed E-state index contributed by atoms with van der Waals surface area (Å²) < 4.78 is 5.66. The van der Waals surface area contributed by atoms with Crippen LogP contribution in [0.15, 0.2) is 18.2 Å². The van der Waals surface area contributed by atoms with Gasteiger partial charge in [0.25, 0.3) is 0 Å². The van der Waals surface area contributed by atoms with Crippen LogP contribution in [0.4, 0.5) is 10.5 Å². The molecule has 2 N–H and O–H groups in total. The lowest BCUT2D eigenvalue weighted by Gasteiger charge is -2.27. The van der Waals surface area contributed by atoms with Gasteiger partial charge >= 0.3 is 6.03 Å². The summed E-state index contributed by atoms with van der Waals surface area (Å²) in [5.74, 6) is 0.454. The molecule has 0 aliphatic carbocycles. The van der Waals surface area contributed by atoms with Crippen molar-refractivity contribution in [2.75, 3.05) is 18.5 Å². The van der Waals surface area contributed by atoms with Gasteiger partial charge in [-0.15, -0.1) is 0 Å². The van der Waals surface area contributed by atoms with E-state index >= 15 is 0 Å². The minimum Gasteiger partial charge on any atom is -0.487 e. The number of carbonyl (C=O) groups excluding carboxylic acids is 1. The number of aliphatic hydroxyl groups excluding tert-OH is 1. The largest absolute Gasteiger partial charge is 0.487 e. The number of hydrogen-bond donors (Lipinski definition) is 2. The number of hydrogen-bond acceptors (Lipinski definition) is 3. The summed E-state index contributed by atoms with van der Waals surface area (Å²) in [7, 11) is 0. The van der Waals surface area contributed by atoms with Crippen molar-refractivity contribution in [3.8, 4) is 5.75 Å². The van der Waals surface area contributed by atoms with Crippen LogP contribution < -0.4 is 10.1 Å². The Morgan fingerprint density at radius 2 is 2.05 bits per heavy atom. The third kappa shape index (κ3) is 5.10. The highest BCUT2D eigenvalue weighted by Gasteiger charge is 2.19. The van der Waals surface area contributed by atoms with Gasteiger partial charge in [-0.05, 0) is 39.8 Å². The van der Waals surface area contributed by atoms with E-state index in [4.69, 9.17) is 21.4 Å². The van der Waals surface area contributed by atoms with Gasteiger partial charge in [0.15, 0.2) is 5.75 Å². The molecule has 2 amide bonds. The van der Waals surface area contributed by atoms with E-state index in [1.807, 2.05) is 27.7 Å². The third-order valence-electron chi connectivity index (χ3n) is 2.79. The quantitative estimate of drug-likeness (QED) is 0.846. The van der Waals surface area contributed by atoms with Gasteiger partial charge in [0, 0.05) is 12.6 Å². The molecule has 0 radical (unpaired) electrons. The molecule has 0 saturated carbocycles. The van der Waals surface area contributed by atoms with Gasteiger partial charge in [-0.2, -0.15) is 0 Å². The van der Waals surface area contributed by atoms with Crippen molar-refractivity contribution in [2.24, 2.45) is 0 Å². The number of nitrogens with zero attached hydrogens (tertiary/aromatic N) is 1.